The maximum absolute atomic E-state index is 5.51. The summed E-state index contributed by atoms with van der Waals surface area (Å²) in [6, 6.07) is 8.94. The van der Waals surface area contributed by atoms with Crippen LogP contribution in [-0.4, -0.2) is 16.6 Å². The Balaban J connectivity index is 2.08. The molecule has 2 N–H and O–H groups in total. The van der Waals surface area contributed by atoms with Crippen LogP contribution in [0.5, 0.6) is 17.4 Å². The molecule has 2 rings (SSSR count). The number of nitrogens with two attached hydrogens (primary N) is 1. The molecule has 5 nitrogen and oxygen atoms in total. The van der Waals surface area contributed by atoms with E-state index in [1.54, 1.807) is 12.3 Å². The Labute approximate surface area is 99.2 Å². The van der Waals surface area contributed by atoms with Crippen molar-refractivity contribution in [3.8, 4) is 17.4 Å². The zero-order chi connectivity index (χ0) is 12.1. The van der Waals surface area contributed by atoms with Crippen molar-refractivity contribution < 1.29 is 9.47 Å². The molecule has 0 radical (unpaired) electrons. The first-order valence-electron chi connectivity index (χ1n) is 5.27. The first-order valence-corrected chi connectivity index (χ1v) is 5.27. The van der Waals surface area contributed by atoms with Gasteiger partial charge in [0.1, 0.15) is 11.5 Å². The number of aromatic nitrogens is 2. The Kier molecular flexibility index (Phi) is 3.40. The van der Waals surface area contributed by atoms with Crippen LogP contribution in [0.15, 0.2) is 36.5 Å². The van der Waals surface area contributed by atoms with Gasteiger partial charge < -0.3 is 15.2 Å². The average molecular weight is 231 g/mol. The van der Waals surface area contributed by atoms with E-state index in [1.165, 1.54) is 0 Å². The van der Waals surface area contributed by atoms with E-state index >= 15 is 0 Å². The Morgan fingerprint density at radius 1 is 1.12 bits per heavy atom. The van der Waals surface area contributed by atoms with Crippen LogP contribution in [0.3, 0.4) is 0 Å². The molecule has 0 saturated carbocycles. The summed E-state index contributed by atoms with van der Waals surface area (Å²) < 4.78 is 10.8. The summed E-state index contributed by atoms with van der Waals surface area (Å²) in [4.78, 5) is 7.73. The minimum atomic E-state index is 0.188. The molecule has 0 spiro atoms. The summed E-state index contributed by atoms with van der Waals surface area (Å²) >= 11 is 0. The summed E-state index contributed by atoms with van der Waals surface area (Å²) in [5.41, 5.74) is 5.45. The lowest BCUT2D eigenvalue weighted by Gasteiger charge is -2.06. The predicted octanol–water partition coefficient (Wildman–Crippen LogP) is 2.25. The highest BCUT2D eigenvalue weighted by Crippen LogP contribution is 2.22. The molecular formula is C12H13N3O2. The second kappa shape index (κ2) is 5.16. The molecule has 17 heavy (non-hydrogen) atoms. The van der Waals surface area contributed by atoms with E-state index in [4.69, 9.17) is 15.2 Å². The molecule has 0 unspecified atom stereocenters. The smallest absolute Gasteiger partial charge is 0.224 e. The molecule has 0 atom stereocenters. The number of nitrogen functional groups attached to an aromatic ring is 1. The summed E-state index contributed by atoms with van der Waals surface area (Å²) in [6.45, 7) is 2.58. The topological polar surface area (TPSA) is 70.3 Å². The van der Waals surface area contributed by atoms with E-state index in [1.807, 2.05) is 31.2 Å². The monoisotopic (exact) mass is 231 g/mol. The molecule has 0 aliphatic heterocycles. The fourth-order valence-electron chi connectivity index (χ4n) is 1.30. The van der Waals surface area contributed by atoms with Crippen molar-refractivity contribution in [3.63, 3.8) is 0 Å². The fraction of sp³-hybridized carbons (Fsp3) is 0.167. The quantitative estimate of drug-likeness (QED) is 0.873. The molecule has 0 aliphatic carbocycles. The molecule has 0 bridgehead atoms. The molecule has 0 aliphatic rings. The van der Waals surface area contributed by atoms with Crippen LogP contribution in [-0.2, 0) is 0 Å². The van der Waals surface area contributed by atoms with E-state index in [-0.39, 0.29) is 5.95 Å². The number of anilines is 1. The molecule has 1 aromatic carbocycles. The minimum Gasteiger partial charge on any atom is -0.494 e. The van der Waals surface area contributed by atoms with Gasteiger partial charge in [-0.25, -0.2) is 4.98 Å². The SMILES string of the molecule is CCOc1ccc(Oc2ccnc(N)n2)cc1. The van der Waals surface area contributed by atoms with Crippen LogP contribution in [0.1, 0.15) is 6.92 Å². The van der Waals surface area contributed by atoms with E-state index < -0.39 is 0 Å². The Morgan fingerprint density at radius 2 is 1.82 bits per heavy atom. The van der Waals surface area contributed by atoms with Crippen molar-refractivity contribution in [1.29, 1.82) is 0 Å². The molecule has 1 heterocycles. The molecule has 88 valence electrons. The number of ether oxygens (including phenoxy) is 2. The third kappa shape index (κ3) is 3.07. The minimum absolute atomic E-state index is 0.188. The van der Waals surface area contributed by atoms with E-state index in [2.05, 4.69) is 9.97 Å². The van der Waals surface area contributed by atoms with Gasteiger partial charge in [-0.15, -0.1) is 0 Å². The molecule has 0 saturated heterocycles. The maximum atomic E-state index is 5.51. The first kappa shape index (κ1) is 11.2. The lowest BCUT2D eigenvalue weighted by molar-refractivity contribution is 0.339. The van der Waals surface area contributed by atoms with E-state index in [0.717, 1.165) is 5.75 Å². The van der Waals surface area contributed by atoms with Crippen molar-refractivity contribution in [3.05, 3.63) is 36.5 Å². The number of hydrogen-bond acceptors (Lipinski definition) is 5. The number of nitrogens with zero attached hydrogens (tertiary/aromatic N) is 2. The van der Waals surface area contributed by atoms with Gasteiger partial charge in [0.15, 0.2) is 0 Å². The zero-order valence-corrected chi connectivity index (χ0v) is 9.46. The van der Waals surface area contributed by atoms with Crippen molar-refractivity contribution in [2.75, 3.05) is 12.3 Å². The predicted molar refractivity (Wildman–Crippen MR) is 64.1 cm³/mol. The van der Waals surface area contributed by atoms with Gasteiger partial charge in [-0.1, -0.05) is 0 Å². The molecule has 2 aromatic rings. The van der Waals surface area contributed by atoms with Gasteiger partial charge in [0, 0.05) is 12.3 Å². The highest BCUT2D eigenvalue weighted by molar-refractivity contribution is 5.34. The van der Waals surface area contributed by atoms with Crippen LogP contribution in [0.2, 0.25) is 0 Å². The van der Waals surface area contributed by atoms with Crippen LogP contribution in [0.25, 0.3) is 0 Å². The first-order chi connectivity index (χ1) is 8.28. The number of benzene rings is 1. The van der Waals surface area contributed by atoms with E-state index in [9.17, 15) is 0 Å². The second-order valence-electron chi connectivity index (χ2n) is 3.26. The highest BCUT2D eigenvalue weighted by atomic mass is 16.5. The Hall–Kier alpha value is -2.30. The Bertz CT molecular complexity index is 485. The molecule has 1 aromatic heterocycles. The van der Waals surface area contributed by atoms with Gasteiger partial charge in [0.25, 0.3) is 0 Å². The molecule has 5 heteroatoms. The molecular weight excluding hydrogens is 218 g/mol. The number of rotatable bonds is 4. The largest absolute Gasteiger partial charge is 0.494 e. The van der Waals surface area contributed by atoms with Crippen LogP contribution < -0.4 is 15.2 Å². The van der Waals surface area contributed by atoms with Crippen molar-refractivity contribution in [2.24, 2.45) is 0 Å². The third-order valence-corrected chi connectivity index (χ3v) is 2.01. The summed E-state index contributed by atoms with van der Waals surface area (Å²) in [5.74, 6) is 2.09. The number of hydrogen-bond donors (Lipinski definition) is 1. The molecule has 0 fully saturated rings. The fourth-order valence-corrected chi connectivity index (χ4v) is 1.30. The summed E-state index contributed by atoms with van der Waals surface area (Å²) in [6.07, 6.45) is 1.55. The van der Waals surface area contributed by atoms with Crippen molar-refractivity contribution in [2.45, 2.75) is 6.92 Å². The second-order valence-corrected chi connectivity index (χ2v) is 3.26. The summed E-state index contributed by atoms with van der Waals surface area (Å²) in [7, 11) is 0. The normalized spacial score (nSPS) is 9.94. The van der Waals surface area contributed by atoms with Gasteiger partial charge in [-0.2, -0.15) is 4.98 Å². The van der Waals surface area contributed by atoms with Gasteiger partial charge in [0.2, 0.25) is 11.8 Å². The van der Waals surface area contributed by atoms with Gasteiger partial charge in [-0.3, -0.25) is 0 Å². The highest BCUT2D eigenvalue weighted by Gasteiger charge is 2.00. The van der Waals surface area contributed by atoms with Crippen molar-refractivity contribution in [1.82, 2.24) is 9.97 Å². The third-order valence-electron chi connectivity index (χ3n) is 2.01. The van der Waals surface area contributed by atoms with Gasteiger partial charge in [-0.05, 0) is 31.2 Å². The molecule has 0 amide bonds. The van der Waals surface area contributed by atoms with Crippen LogP contribution in [0.4, 0.5) is 5.95 Å². The lowest BCUT2D eigenvalue weighted by Crippen LogP contribution is -1.96. The van der Waals surface area contributed by atoms with Crippen LogP contribution in [0, 0.1) is 0 Å². The standard InChI is InChI=1S/C12H13N3O2/c1-2-16-9-3-5-10(6-4-9)17-11-7-8-14-12(13)15-11/h3-8H,2H2,1H3,(H2,13,14,15). The van der Waals surface area contributed by atoms with Crippen molar-refractivity contribution >= 4 is 5.95 Å². The lowest BCUT2D eigenvalue weighted by atomic mass is 10.3. The summed E-state index contributed by atoms with van der Waals surface area (Å²) in [5, 5.41) is 0. The van der Waals surface area contributed by atoms with Crippen LogP contribution >= 0.6 is 0 Å². The Morgan fingerprint density at radius 3 is 2.47 bits per heavy atom. The van der Waals surface area contributed by atoms with Gasteiger partial charge in [0.05, 0.1) is 6.61 Å². The maximum Gasteiger partial charge on any atom is 0.224 e. The van der Waals surface area contributed by atoms with E-state index in [0.29, 0.717) is 18.2 Å². The van der Waals surface area contributed by atoms with Gasteiger partial charge >= 0.3 is 0 Å². The average Bonchev–Trinajstić information content (AvgIpc) is 2.32. The zero-order valence-electron chi connectivity index (χ0n) is 9.46.